The van der Waals surface area contributed by atoms with Gasteiger partial charge >= 0.3 is 0 Å². The van der Waals surface area contributed by atoms with Crippen LogP contribution in [0.15, 0.2) is 36.7 Å². The molecule has 2 unspecified atom stereocenters. The first-order valence-electron chi connectivity index (χ1n) is 8.90. The molecule has 0 bridgehead atoms. The van der Waals surface area contributed by atoms with E-state index in [0.717, 1.165) is 43.0 Å². The van der Waals surface area contributed by atoms with Crippen molar-refractivity contribution in [2.24, 2.45) is 0 Å². The molecule has 132 valence electrons. The molecule has 1 saturated heterocycles. The lowest BCUT2D eigenvalue weighted by atomic mass is 9.97. The van der Waals surface area contributed by atoms with Crippen molar-refractivity contribution in [1.82, 2.24) is 14.7 Å². The number of fused-ring (bicyclic) bond motifs is 1. The number of amides is 1. The molecule has 2 atom stereocenters. The fourth-order valence-electron chi connectivity index (χ4n) is 3.61. The zero-order valence-corrected chi connectivity index (χ0v) is 14.4. The zero-order valence-electron chi connectivity index (χ0n) is 14.4. The number of likely N-dealkylation sites (tertiary alicyclic amines) is 1. The number of hydrogen-bond donors (Lipinski definition) is 0. The lowest BCUT2D eigenvalue weighted by Gasteiger charge is -2.34. The summed E-state index contributed by atoms with van der Waals surface area (Å²) in [5, 5.41) is 4.33. The van der Waals surface area contributed by atoms with Gasteiger partial charge in [-0.1, -0.05) is 6.07 Å². The van der Waals surface area contributed by atoms with Crippen LogP contribution < -0.4 is 9.47 Å². The van der Waals surface area contributed by atoms with Gasteiger partial charge in [0.2, 0.25) is 5.91 Å². The lowest BCUT2D eigenvalue weighted by Crippen LogP contribution is -2.42. The summed E-state index contributed by atoms with van der Waals surface area (Å²) in [7, 11) is 0. The molecule has 1 aromatic heterocycles. The number of aromatic nitrogens is 2. The van der Waals surface area contributed by atoms with E-state index in [9.17, 15) is 4.79 Å². The molecule has 0 radical (unpaired) electrons. The van der Waals surface area contributed by atoms with Crippen molar-refractivity contribution in [3.63, 3.8) is 0 Å². The highest BCUT2D eigenvalue weighted by Crippen LogP contribution is 2.34. The third-order valence-electron chi connectivity index (χ3n) is 5.04. The topological polar surface area (TPSA) is 56.6 Å². The largest absolute Gasteiger partial charge is 0.486 e. The molecule has 6 heteroatoms. The molecule has 1 amide bonds. The summed E-state index contributed by atoms with van der Waals surface area (Å²) in [6.07, 6.45) is 5.83. The first-order chi connectivity index (χ1) is 12.2. The van der Waals surface area contributed by atoms with Crippen LogP contribution in [0.4, 0.5) is 0 Å². The molecule has 1 fully saturated rings. The van der Waals surface area contributed by atoms with Gasteiger partial charge < -0.3 is 14.4 Å². The summed E-state index contributed by atoms with van der Waals surface area (Å²) >= 11 is 0. The lowest BCUT2D eigenvalue weighted by molar-refractivity contribution is -0.134. The Morgan fingerprint density at radius 1 is 1.28 bits per heavy atom. The Morgan fingerprint density at radius 3 is 2.92 bits per heavy atom. The molecule has 0 N–H and O–H groups in total. The second-order valence-corrected chi connectivity index (χ2v) is 6.69. The molecule has 2 aliphatic heterocycles. The van der Waals surface area contributed by atoms with Crippen LogP contribution in [0.2, 0.25) is 0 Å². The minimum atomic E-state index is -0.202. The number of benzene rings is 1. The van der Waals surface area contributed by atoms with Gasteiger partial charge in [0.05, 0.1) is 12.0 Å². The molecular weight excluding hydrogens is 318 g/mol. The maximum absolute atomic E-state index is 13.0. The first kappa shape index (κ1) is 16.0. The van der Waals surface area contributed by atoms with E-state index in [1.807, 2.05) is 47.0 Å². The van der Waals surface area contributed by atoms with Crippen LogP contribution in [0.1, 0.15) is 37.3 Å². The maximum atomic E-state index is 13.0. The Morgan fingerprint density at radius 2 is 2.12 bits per heavy atom. The summed E-state index contributed by atoms with van der Waals surface area (Å²) < 4.78 is 13.2. The van der Waals surface area contributed by atoms with Crippen molar-refractivity contribution < 1.29 is 14.3 Å². The van der Waals surface area contributed by atoms with Crippen LogP contribution in [0.3, 0.4) is 0 Å². The second-order valence-electron chi connectivity index (χ2n) is 6.69. The Bertz CT molecular complexity index is 744. The predicted molar refractivity (Wildman–Crippen MR) is 92.9 cm³/mol. The van der Waals surface area contributed by atoms with Gasteiger partial charge in [-0.3, -0.25) is 9.48 Å². The smallest absolute Gasteiger partial charge is 0.229 e. The highest BCUT2D eigenvalue weighted by atomic mass is 16.6. The van der Waals surface area contributed by atoms with Crippen molar-refractivity contribution in [3.05, 3.63) is 42.2 Å². The summed E-state index contributed by atoms with van der Waals surface area (Å²) in [4.78, 5) is 15.0. The van der Waals surface area contributed by atoms with Gasteiger partial charge in [-0.2, -0.15) is 5.10 Å². The standard InChI is InChI=1S/C19H23N3O3/c1-14(15-5-6-17-18(12-15)25-11-10-24-17)19(23)21-8-2-4-16(13-21)22-9-3-7-20-22/h3,5-7,9,12,14,16H,2,4,8,10-11,13H2,1H3. The van der Waals surface area contributed by atoms with Crippen LogP contribution in [0, 0.1) is 0 Å². The van der Waals surface area contributed by atoms with E-state index >= 15 is 0 Å². The molecule has 0 saturated carbocycles. The van der Waals surface area contributed by atoms with E-state index in [0.29, 0.717) is 13.2 Å². The summed E-state index contributed by atoms with van der Waals surface area (Å²) in [6.45, 7) is 4.62. The minimum absolute atomic E-state index is 0.161. The van der Waals surface area contributed by atoms with E-state index < -0.39 is 0 Å². The molecule has 0 aliphatic carbocycles. The van der Waals surface area contributed by atoms with Crippen LogP contribution >= 0.6 is 0 Å². The number of rotatable bonds is 3. The molecule has 2 aliphatic rings. The van der Waals surface area contributed by atoms with Gasteiger partial charge in [-0.15, -0.1) is 0 Å². The van der Waals surface area contributed by atoms with Gasteiger partial charge in [0.15, 0.2) is 11.5 Å². The number of carbonyl (C=O) groups excluding carboxylic acids is 1. The monoisotopic (exact) mass is 341 g/mol. The van der Waals surface area contributed by atoms with E-state index in [4.69, 9.17) is 9.47 Å². The van der Waals surface area contributed by atoms with Crippen LogP contribution in [-0.4, -0.2) is 46.9 Å². The number of piperidine rings is 1. The molecule has 25 heavy (non-hydrogen) atoms. The third-order valence-corrected chi connectivity index (χ3v) is 5.04. The van der Waals surface area contributed by atoms with Crippen molar-refractivity contribution in [2.45, 2.75) is 31.7 Å². The average Bonchev–Trinajstić information content (AvgIpc) is 3.21. The molecule has 0 spiro atoms. The fourth-order valence-corrected chi connectivity index (χ4v) is 3.61. The Labute approximate surface area is 147 Å². The highest BCUT2D eigenvalue weighted by molar-refractivity contribution is 5.83. The minimum Gasteiger partial charge on any atom is -0.486 e. The summed E-state index contributed by atoms with van der Waals surface area (Å²) in [5.41, 5.74) is 0.968. The van der Waals surface area contributed by atoms with Crippen molar-refractivity contribution >= 4 is 5.91 Å². The molecule has 4 rings (SSSR count). The molecule has 6 nitrogen and oxygen atoms in total. The second kappa shape index (κ2) is 6.78. The number of ether oxygens (including phenoxy) is 2. The number of nitrogens with zero attached hydrogens (tertiary/aromatic N) is 3. The van der Waals surface area contributed by atoms with E-state index in [1.54, 1.807) is 6.20 Å². The van der Waals surface area contributed by atoms with E-state index in [1.165, 1.54) is 0 Å². The van der Waals surface area contributed by atoms with E-state index in [2.05, 4.69) is 5.10 Å². The van der Waals surface area contributed by atoms with Crippen LogP contribution in [0.5, 0.6) is 11.5 Å². The van der Waals surface area contributed by atoms with Crippen molar-refractivity contribution in [2.75, 3.05) is 26.3 Å². The fraction of sp³-hybridized carbons (Fsp3) is 0.474. The first-order valence-corrected chi connectivity index (χ1v) is 8.90. The molecule has 1 aromatic carbocycles. The van der Waals surface area contributed by atoms with E-state index in [-0.39, 0.29) is 17.9 Å². The van der Waals surface area contributed by atoms with Gasteiger partial charge in [-0.25, -0.2) is 0 Å². The summed E-state index contributed by atoms with van der Waals surface area (Å²) in [6, 6.07) is 7.99. The Hall–Kier alpha value is -2.50. The predicted octanol–water partition coefficient (Wildman–Crippen LogP) is 2.62. The SMILES string of the molecule is CC(C(=O)N1CCCC(n2cccn2)C1)c1ccc2c(c1)OCCO2. The van der Waals surface area contributed by atoms with Gasteiger partial charge in [-0.05, 0) is 43.5 Å². The van der Waals surface area contributed by atoms with Crippen LogP contribution in [0.25, 0.3) is 0 Å². The van der Waals surface area contributed by atoms with Crippen molar-refractivity contribution in [3.8, 4) is 11.5 Å². The Kier molecular flexibility index (Phi) is 4.34. The Balaban J connectivity index is 1.48. The number of hydrogen-bond acceptors (Lipinski definition) is 4. The molecular formula is C19H23N3O3. The van der Waals surface area contributed by atoms with Crippen molar-refractivity contribution in [1.29, 1.82) is 0 Å². The molecule has 2 aromatic rings. The maximum Gasteiger partial charge on any atom is 0.229 e. The third kappa shape index (κ3) is 3.21. The normalized spacial score (nSPS) is 21.0. The average molecular weight is 341 g/mol. The van der Waals surface area contributed by atoms with Crippen LogP contribution in [-0.2, 0) is 4.79 Å². The van der Waals surface area contributed by atoms with Gasteiger partial charge in [0.25, 0.3) is 0 Å². The quantitative estimate of drug-likeness (QED) is 0.861. The highest BCUT2D eigenvalue weighted by Gasteiger charge is 2.29. The van der Waals surface area contributed by atoms with Gasteiger partial charge in [0, 0.05) is 25.5 Å². The zero-order chi connectivity index (χ0) is 17.2. The summed E-state index contributed by atoms with van der Waals surface area (Å²) in [5.74, 6) is 1.45. The van der Waals surface area contributed by atoms with Gasteiger partial charge in [0.1, 0.15) is 13.2 Å². The number of carbonyl (C=O) groups is 1. The molecule has 3 heterocycles.